The molecule has 2 rings (SSSR count). The molecule has 3 unspecified atom stereocenters. The lowest BCUT2D eigenvalue weighted by molar-refractivity contribution is 0.267. The maximum Gasteiger partial charge on any atom is 0.315 e. The Kier molecular flexibility index (Phi) is 3.99. The zero-order valence-corrected chi connectivity index (χ0v) is 10.6. The highest BCUT2D eigenvalue weighted by molar-refractivity contribution is 5.17. The highest BCUT2D eigenvalue weighted by Crippen LogP contribution is 2.29. The summed E-state index contributed by atoms with van der Waals surface area (Å²) in [6, 6.07) is 0.293. The zero-order valence-electron chi connectivity index (χ0n) is 10.6. The van der Waals surface area contributed by atoms with Gasteiger partial charge in [0.25, 0.3) is 0 Å². The van der Waals surface area contributed by atoms with Crippen LogP contribution in [-0.2, 0) is 0 Å². The summed E-state index contributed by atoms with van der Waals surface area (Å²) in [6.45, 7) is 5.08. The van der Waals surface area contributed by atoms with Crippen LogP contribution < -0.4 is 11.1 Å². The molecular weight excluding hydrogens is 216 g/mol. The van der Waals surface area contributed by atoms with Gasteiger partial charge in [-0.3, -0.25) is 0 Å². The Balaban J connectivity index is 1.84. The molecule has 1 saturated carbocycles. The van der Waals surface area contributed by atoms with Crippen molar-refractivity contribution in [1.82, 2.24) is 10.2 Å². The topological polar surface area (TPSA) is 77.0 Å². The van der Waals surface area contributed by atoms with E-state index in [0.717, 1.165) is 18.4 Å². The number of anilines is 1. The van der Waals surface area contributed by atoms with Crippen molar-refractivity contribution in [2.75, 3.05) is 11.9 Å². The van der Waals surface area contributed by atoms with Crippen molar-refractivity contribution < 1.29 is 4.42 Å². The van der Waals surface area contributed by atoms with Gasteiger partial charge in [-0.1, -0.05) is 31.3 Å². The summed E-state index contributed by atoms with van der Waals surface area (Å²) < 4.78 is 5.41. The molecule has 1 aliphatic carbocycles. The van der Waals surface area contributed by atoms with Crippen molar-refractivity contribution in [2.45, 2.75) is 45.6 Å². The monoisotopic (exact) mass is 238 g/mol. The lowest BCUT2D eigenvalue weighted by Crippen LogP contribution is -2.24. The van der Waals surface area contributed by atoms with E-state index in [4.69, 9.17) is 10.2 Å². The highest BCUT2D eigenvalue weighted by atomic mass is 16.4. The van der Waals surface area contributed by atoms with Gasteiger partial charge in [-0.25, -0.2) is 0 Å². The molecule has 0 spiro atoms. The van der Waals surface area contributed by atoms with Crippen LogP contribution in [0.25, 0.3) is 0 Å². The predicted molar refractivity (Wildman–Crippen MR) is 66.5 cm³/mol. The van der Waals surface area contributed by atoms with E-state index >= 15 is 0 Å². The van der Waals surface area contributed by atoms with Crippen molar-refractivity contribution in [1.29, 1.82) is 0 Å². The van der Waals surface area contributed by atoms with Crippen molar-refractivity contribution >= 4 is 6.01 Å². The Hall–Kier alpha value is -1.10. The van der Waals surface area contributed by atoms with E-state index in [1.165, 1.54) is 25.7 Å². The average molecular weight is 238 g/mol. The molecule has 1 fully saturated rings. The van der Waals surface area contributed by atoms with Crippen LogP contribution in [0.3, 0.4) is 0 Å². The van der Waals surface area contributed by atoms with E-state index in [-0.39, 0.29) is 6.04 Å². The van der Waals surface area contributed by atoms with Gasteiger partial charge in [-0.05, 0) is 25.2 Å². The normalized spacial score (nSPS) is 26.8. The Morgan fingerprint density at radius 3 is 2.82 bits per heavy atom. The van der Waals surface area contributed by atoms with Gasteiger partial charge in [-0.2, -0.15) is 0 Å². The van der Waals surface area contributed by atoms with Crippen LogP contribution in [0.5, 0.6) is 0 Å². The molecule has 1 aromatic heterocycles. The third-order valence-corrected chi connectivity index (χ3v) is 3.63. The van der Waals surface area contributed by atoms with Gasteiger partial charge in [0.05, 0.1) is 6.04 Å². The van der Waals surface area contributed by atoms with Crippen LogP contribution >= 0.6 is 0 Å². The van der Waals surface area contributed by atoms with Crippen molar-refractivity contribution in [3.63, 3.8) is 0 Å². The summed E-state index contributed by atoms with van der Waals surface area (Å²) >= 11 is 0. The van der Waals surface area contributed by atoms with Gasteiger partial charge < -0.3 is 15.5 Å². The SMILES string of the molecule is CC(N)c1nnc(NCC2CCCCC2C)o1. The number of hydrogen-bond acceptors (Lipinski definition) is 5. The van der Waals surface area contributed by atoms with Gasteiger partial charge in [0.15, 0.2) is 0 Å². The molecule has 0 radical (unpaired) electrons. The molecule has 1 aromatic rings. The molecule has 1 aliphatic rings. The zero-order chi connectivity index (χ0) is 12.3. The Morgan fingerprint density at radius 2 is 2.18 bits per heavy atom. The summed E-state index contributed by atoms with van der Waals surface area (Å²) in [6.07, 6.45) is 5.34. The Labute approximate surface area is 102 Å². The van der Waals surface area contributed by atoms with Crippen LogP contribution in [0, 0.1) is 11.8 Å². The average Bonchev–Trinajstić information content (AvgIpc) is 2.77. The molecule has 0 aromatic carbocycles. The molecule has 17 heavy (non-hydrogen) atoms. The fraction of sp³-hybridized carbons (Fsp3) is 0.833. The number of nitrogens with one attached hydrogen (secondary N) is 1. The first kappa shape index (κ1) is 12.4. The lowest BCUT2D eigenvalue weighted by atomic mass is 9.80. The van der Waals surface area contributed by atoms with Gasteiger partial charge in [0.1, 0.15) is 0 Å². The number of hydrogen-bond donors (Lipinski definition) is 2. The summed E-state index contributed by atoms with van der Waals surface area (Å²) in [5, 5.41) is 11.1. The molecule has 0 saturated heterocycles. The minimum atomic E-state index is -0.202. The van der Waals surface area contributed by atoms with Crippen LogP contribution in [-0.4, -0.2) is 16.7 Å². The van der Waals surface area contributed by atoms with E-state index in [1.807, 2.05) is 6.92 Å². The number of aromatic nitrogens is 2. The van der Waals surface area contributed by atoms with E-state index in [9.17, 15) is 0 Å². The molecule has 96 valence electrons. The standard InChI is InChI=1S/C12H22N4O/c1-8-5-3-4-6-10(8)7-14-12-16-15-11(17-12)9(2)13/h8-10H,3-7,13H2,1-2H3,(H,14,16). The van der Waals surface area contributed by atoms with E-state index in [0.29, 0.717) is 11.9 Å². The Morgan fingerprint density at radius 1 is 1.41 bits per heavy atom. The van der Waals surface area contributed by atoms with Crippen LogP contribution in [0.1, 0.15) is 51.5 Å². The molecule has 3 atom stereocenters. The summed E-state index contributed by atoms with van der Waals surface area (Å²) in [5.74, 6) is 1.99. The predicted octanol–water partition coefficient (Wildman–Crippen LogP) is 2.33. The summed E-state index contributed by atoms with van der Waals surface area (Å²) in [4.78, 5) is 0. The number of nitrogens with zero attached hydrogens (tertiary/aromatic N) is 2. The molecule has 0 amide bonds. The van der Waals surface area contributed by atoms with E-state index in [2.05, 4.69) is 22.4 Å². The van der Waals surface area contributed by atoms with Crippen LogP contribution in [0.4, 0.5) is 6.01 Å². The number of rotatable bonds is 4. The molecule has 5 nitrogen and oxygen atoms in total. The maximum absolute atomic E-state index is 5.66. The van der Waals surface area contributed by atoms with Crippen molar-refractivity contribution in [3.05, 3.63) is 5.89 Å². The van der Waals surface area contributed by atoms with Gasteiger partial charge >= 0.3 is 6.01 Å². The van der Waals surface area contributed by atoms with Gasteiger partial charge in [0.2, 0.25) is 5.89 Å². The van der Waals surface area contributed by atoms with Crippen LogP contribution in [0.2, 0.25) is 0 Å². The molecule has 1 heterocycles. The number of nitrogens with two attached hydrogens (primary N) is 1. The van der Waals surface area contributed by atoms with E-state index < -0.39 is 0 Å². The van der Waals surface area contributed by atoms with Gasteiger partial charge in [-0.15, -0.1) is 5.10 Å². The smallest absolute Gasteiger partial charge is 0.315 e. The third-order valence-electron chi connectivity index (χ3n) is 3.63. The lowest BCUT2D eigenvalue weighted by Gasteiger charge is -2.28. The molecule has 3 N–H and O–H groups in total. The first-order valence-electron chi connectivity index (χ1n) is 6.49. The largest absolute Gasteiger partial charge is 0.406 e. The maximum atomic E-state index is 5.66. The van der Waals surface area contributed by atoms with Crippen molar-refractivity contribution in [3.8, 4) is 0 Å². The summed E-state index contributed by atoms with van der Waals surface area (Å²) in [7, 11) is 0. The quantitative estimate of drug-likeness (QED) is 0.841. The highest BCUT2D eigenvalue weighted by Gasteiger charge is 2.21. The van der Waals surface area contributed by atoms with Gasteiger partial charge in [0, 0.05) is 6.54 Å². The second-order valence-electron chi connectivity index (χ2n) is 5.14. The first-order valence-corrected chi connectivity index (χ1v) is 6.49. The molecule has 5 heteroatoms. The second-order valence-corrected chi connectivity index (χ2v) is 5.14. The van der Waals surface area contributed by atoms with Crippen LogP contribution in [0.15, 0.2) is 4.42 Å². The first-order chi connectivity index (χ1) is 8.16. The Bertz CT molecular complexity index is 350. The minimum absolute atomic E-state index is 0.202. The second kappa shape index (κ2) is 5.49. The molecule has 0 bridgehead atoms. The fourth-order valence-electron chi connectivity index (χ4n) is 2.40. The fourth-order valence-corrected chi connectivity index (χ4v) is 2.40. The molecular formula is C12H22N4O. The summed E-state index contributed by atoms with van der Waals surface area (Å²) in [5.41, 5.74) is 5.66. The van der Waals surface area contributed by atoms with Crippen molar-refractivity contribution in [2.24, 2.45) is 17.6 Å². The minimum Gasteiger partial charge on any atom is -0.406 e. The molecule has 0 aliphatic heterocycles. The third kappa shape index (κ3) is 3.19. The van der Waals surface area contributed by atoms with E-state index in [1.54, 1.807) is 0 Å².